The molecule has 0 saturated carbocycles. The molecule has 1 aromatic carbocycles. The molecule has 1 aliphatic heterocycles. The van der Waals surface area contributed by atoms with E-state index in [1.165, 1.54) is 4.31 Å². The molecule has 0 spiro atoms. The Labute approximate surface area is 96.3 Å². The van der Waals surface area contributed by atoms with Gasteiger partial charge >= 0.3 is 0 Å². The molecule has 1 aromatic rings. The predicted molar refractivity (Wildman–Crippen MR) is 65.0 cm³/mol. The minimum Gasteiger partial charge on any atom is -0.320 e. The van der Waals surface area contributed by atoms with Crippen LogP contribution in [-0.2, 0) is 15.8 Å². The fourth-order valence-corrected chi connectivity index (χ4v) is 3.64. The van der Waals surface area contributed by atoms with Crippen LogP contribution in [0.5, 0.6) is 0 Å². The molecule has 2 rings (SSSR count). The number of benzene rings is 1. The van der Waals surface area contributed by atoms with Gasteiger partial charge in [0.2, 0.25) is 10.0 Å². The van der Waals surface area contributed by atoms with Gasteiger partial charge < -0.3 is 5.32 Å². The summed E-state index contributed by atoms with van der Waals surface area (Å²) >= 11 is 0. The number of rotatable bonds is 4. The van der Waals surface area contributed by atoms with Gasteiger partial charge in [0, 0.05) is 6.54 Å². The first kappa shape index (κ1) is 11.4. The van der Waals surface area contributed by atoms with Crippen LogP contribution in [0.4, 0.5) is 5.69 Å². The number of hydrogen-bond acceptors (Lipinski definition) is 3. The largest absolute Gasteiger partial charge is 0.320 e. The van der Waals surface area contributed by atoms with Crippen LogP contribution in [0.25, 0.3) is 0 Å². The van der Waals surface area contributed by atoms with Gasteiger partial charge in [-0.15, -0.1) is 0 Å². The fourth-order valence-electron chi connectivity index (χ4n) is 1.96. The van der Waals surface area contributed by atoms with E-state index in [1.54, 1.807) is 0 Å². The topological polar surface area (TPSA) is 49.4 Å². The van der Waals surface area contributed by atoms with Crippen LogP contribution in [0.1, 0.15) is 12.0 Å². The zero-order valence-corrected chi connectivity index (χ0v) is 10.1. The van der Waals surface area contributed by atoms with Crippen molar-refractivity contribution in [1.29, 1.82) is 0 Å². The number of fused-ring (bicyclic) bond motifs is 1. The molecule has 4 nitrogen and oxygen atoms in total. The van der Waals surface area contributed by atoms with Crippen molar-refractivity contribution in [2.24, 2.45) is 0 Å². The molecule has 0 radical (unpaired) electrons. The van der Waals surface area contributed by atoms with Gasteiger partial charge in [-0.1, -0.05) is 18.2 Å². The Hall–Kier alpha value is -1.07. The average Bonchev–Trinajstić information content (AvgIpc) is 2.50. The Bertz CT molecular complexity index is 471. The molecule has 0 unspecified atom stereocenters. The second kappa shape index (κ2) is 4.43. The van der Waals surface area contributed by atoms with E-state index in [-0.39, 0.29) is 5.75 Å². The third kappa shape index (κ3) is 2.05. The van der Waals surface area contributed by atoms with Gasteiger partial charge in [-0.05, 0) is 31.6 Å². The van der Waals surface area contributed by atoms with Crippen LogP contribution in [0.3, 0.4) is 0 Å². The van der Waals surface area contributed by atoms with Crippen molar-refractivity contribution in [2.75, 3.05) is 24.4 Å². The Balaban J connectivity index is 2.22. The SMILES string of the molecule is CNCCCN1c2ccccc2CS1(=O)=O. The molecule has 0 saturated heterocycles. The van der Waals surface area contributed by atoms with E-state index in [0.717, 1.165) is 24.2 Å². The summed E-state index contributed by atoms with van der Waals surface area (Å²) < 4.78 is 25.4. The van der Waals surface area contributed by atoms with Crippen molar-refractivity contribution in [2.45, 2.75) is 12.2 Å². The van der Waals surface area contributed by atoms with E-state index in [9.17, 15) is 8.42 Å². The maximum Gasteiger partial charge on any atom is 0.239 e. The summed E-state index contributed by atoms with van der Waals surface area (Å²) in [6.07, 6.45) is 0.823. The number of nitrogens with one attached hydrogen (secondary N) is 1. The molecule has 1 N–H and O–H groups in total. The Morgan fingerprint density at radius 1 is 1.38 bits per heavy atom. The van der Waals surface area contributed by atoms with Crippen LogP contribution in [0.2, 0.25) is 0 Å². The predicted octanol–water partition coefficient (Wildman–Crippen LogP) is 0.946. The lowest BCUT2D eigenvalue weighted by Crippen LogP contribution is -2.29. The van der Waals surface area contributed by atoms with E-state index in [1.807, 2.05) is 31.3 Å². The monoisotopic (exact) mass is 240 g/mol. The van der Waals surface area contributed by atoms with Crippen LogP contribution in [0, 0.1) is 0 Å². The molecule has 1 aliphatic rings. The summed E-state index contributed by atoms with van der Waals surface area (Å²) in [4.78, 5) is 0. The third-order valence-electron chi connectivity index (χ3n) is 2.72. The van der Waals surface area contributed by atoms with Gasteiger partial charge in [0.05, 0.1) is 11.4 Å². The third-order valence-corrected chi connectivity index (χ3v) is 4.45. The number of sulfonamides is 1. The highest BCUT2D eigenvalue weighted by atomic mass is 32.2. The summed E-state index contributed by atoms with van der Waals surface area (Å²) in [5.74, 6) is 0.142. The van der Waals surface area contributed by atoms with Crippen LogP contribution < -0.4 is 9.62 Å². The first-order valence-electron chi connectivity index (χ1n) is 5.38. The minimum atomic E-state index is -3.12. The molecule has 0 aromatic heterocycles. The quantitative estimate of drug-likeness (QED) is 0.797. The smallest absolute Gasteiger partial charge is 0.239 e. The zero-order valence-electron chi connectivity index (χ0n) is 9.31. The van der Waals surface area contributed by atoms with Gasteiger partial charge in [0.15, 0.2) is 0 Å². The minimum absolute atomic E-state index is 0.142. The summed E-state index contributed by atoms with van der Waals surface area (Å²) in [5, 5.41) is 3.02. The van der Waals surface area contributed by atoms with Crippen LogP contribution in [0.15, 0.2) is 24.3 Å². The second-order valence-electron chi connectivity index (χ2n) is 3.91. The molecule has 0 fully saturated rings. The lowest BCUT2D eigenvalue weighted by Gasteiger charge is -2.17. The fraction of sp³-hybridized carbons (Fsp3) is 0.455. The van der Waals surface area contributed by atoms with Gasteiger partial charge in [-0.3, -0.25) is 4.31 Å². The second-order valence-corrected chi connectivity index (χ2v) is 5.81. The number of anilines is 1. The molecular formula is C11H16N2O2S. The highest BCUT2D eigenvalue weighted by molar-refractivity contribution is 7.92. The standard InChI is InChI=1S/C11H16N2O2S/c1-12-7-4-8-13-11-6-3-2-5-10(11)9-16(13,14)15/h2-3,5-6,12H,4,7-9H2,1H3. The lowest BCUT2D eigenvalue weighted by molar-refractivity contribution is 0.591. The maximum atomic E-state index is 11.9. The van der Waals surface area contributed by atoms with E-state index in [2.05, 4.69) is 5.32 Å². The van der Waals surface area contributed by atoms with E-state index in [4.69, 9.17) is 0 Å². The lowest BCUT2D eigenvalue weighted by atomic mass is 10.2. The number of nitrogens with zero attached hydrogens (tertiary/aromatic N) is 1. The number of para-hydroxylation sites is 1. The molecule has 88 valence electrons. The van der Waals surface area contributed by atoms with Crippen molar-refractivity contribution in [1.82, 2.24) is 5.32 Å². The molecular weight excluding hydrogens is 224 g/mol. The van der Waals surface area contributed by atoms with Gasteiger partial charge in [-0.25, -0.2) is 8.42 Å². The van der Waals surface area contributed by atoms with Crippen LogP contribution in [-0.4, -0.2) is 28.6 Å². The van der Waals surface area contributed by atoms with E-state index >= 15 is 0 Å². The van der Waals surface area contributed by atoms with Crippen LogP contribution >= 0.6 is 0 Å². The molecule has 0 atom stereocenters. The highest BCUT2D eigenvalue weighted by Crippen LogP contribution is 2.32. The Morgan fingerprint density at radius 3 is 2.88 bits per heavy atom. The molecule has 1 heterocycles. The van der Waals surface area contributed by atoms with Crippen molar-refractivity contribution < 1.29 is 8.42 Å². The van der Waals surface area contributed by atoms with E-state index < -0.39 is 10.0 Å². The summed E-state index contributed by atoms with van der Waals surface area (Å²) in [7, 11) is -1.25. The number of hydrogen-bond donors (Lipinski definition) is 1. The first-order valence-corrected chi connectivity index (χ1v) is 6.99. The normalized spacial score (nSPS) is 17.4. The first-order chi connectivity index (χ1) is 7.65. The average molecular weight is 240 g/mol. The summed E-state index contributed by atoms with van der Waals surface area (Å²) in [6, 6.07) is 7.51. The van der Waals surface area contributed by atoms with E-state index in [0.29, 0.717) is 6.54 Å². The van der Waals surface area contributed by atoms with Gasteiger partial charge in [0.25, 0.3) is 0 Å². The maximum absolute atomic E-state index is 11.9. The molecule has 0 aliphatic carbocycles. The molecule has 0 bridgehead atoms. The van der Waals surface area contributed by atoms with Crippen molar-refractivity contribution in [3.05, 3.63) is 29.8 Å². The van der Waals surface area contributed by atoms with Gasteiger partial charge in [-0.2, -0.15) is 0 Å². The molecule has 5 heteroatoms. The molecule has 0 amide bonds. The van der Waals surface area contributed by atoms with Crippen molar-refractivity contribution in [3.63, 3.8) is 0 Å². The zero-order chi connectivity index (χ0) is 11.6. The van der Waals surface area contributed by atoms with Crippen molar-refractivity contribution in [3.8, 4) is 0 Å². The van der Waals surface area contributed by atoms with Gasteiger partial charge in [0.1, 0.15) is 0 Å². The van der Waals surface area contributed by atoms with Crippen molar-refractivity contribution >= 4 is 15.7 Å². The highest BCUT2D eigenvalue weighted by Gasteiger charge is 2.31. The Kier molecular flexibility index (Phi) is 3.16. The summed E-state index contributed by atoms with van der Waals surface area (Å²) in [6.45, 7) is 1.38. The molecule has 16 heavy (non-hydrogen) atoms. The Morgan fingerprint density at radius 2 is 2.12 bits per heavy atom. The summed E-state index contributed by atoms with van der Waals surface area (Å²) in [5.41, 5.74) is 1.76.